The maximum atomic E-state index is 10.7. The van der Waals surface area contributed by atoms with Crippen molar-refractivity contribution >= 4 is 45.3 Å². The van der Waals surface area contributed by atoms with Crippen LogP contribution in [0.4, 0.5) is 0 Å². The van der Waals surface area contributed by atoms with Gasteiger partial charge in [-0.2, -0.15) is 8.42 Å². The maximum absolute atomic E-state index is 10.7. The molecule has 1 aromatic rings. The second-order valence-corrected chi connectivity index (χ2v) is 3.78. The molecular formula is C8H9NaO4S. The predicted octanol–water partition coefficient (Wildman–Crippen LogP) is 0.245. The standard InChI is InChI=1S/C8H8O4S.Na.H/c1-7-4-2-3-5-8(7)12-13(10,11)6-9;;/h2-6H,1H3;;. The molecule has 0 amide bonds. The van der Waals surface area contributed by atoms with Crippen molar-refractivity contribution in [3.63, 3.8) is 0 Å². The molecule has 4 nitrogen and oxygen atoms in total. The van der Waals surface area contributed by atoms with Crippen molar-refractivity contribution in [2.24, 2.45) is 0 Å². The molecule has 0 fully saturated rings. The van der Waals surface area contributed by atoms with E-state index in [1.54, 1.807) is 25.1 Å². The SMILES string of the molecule is Cc1ccccc1OS(=O)(=O)C=O.[NaH]. The van der Waals surface area contributed by atoms with Crippen LogP contribution in [0.1, 0.15) is 5.56 Å². The van der Waals surface area contributed by atoms with Crippen LogP contribution in [-0.2, 0) is 14.9 Å². The van der Waals surface area contributed by atoms with Crippen LogP contribution in [0, 0.1) is 6.92 Å². The normalized spacial score (nSPS) is 10.1. The van der Waals surface area contributed by atoms with Gasteiger partial charge < -0.3 is 4.18 Å². The summed E-state index contributed by atoms with van der Waals surface area (Å²) in [4.78, 5) is 10.0. The molecule has 0 heterocycles. The summed E-state index contributed by atoms with van der Waals surface area (Å²) in [7, 11) is -4.08. The van der Waals surface area contributed by atoms with E-state index in [9.17, 15) is 13.2 Å². The summed E-state index contributed by atoms with van der Waals surface area (Å²) in [6, 6.07) is 6.55. The summed E-state index contributed by atoms with van der Waals surface area (Å²) >= 11 is 0. The van der Waals surface area contributed by atoms with Crippen molar-refractivity contribution in [3.05, 3.63) is 29.8 Å². The summed E-state index contributed by atoms with van der Waals surface area (Å²) in [5, 5.41) is 0. The fourth-order valence-corrected chi connectivity index (χ4v) is 1.27. The predicted molar refractivity (Wildman–Crippen MR) is 54.6 cm³/mol. The van der Waals surface area contributed by atoms with E-state index < -0.39 is 10.1 Å². The molecule has 0 aromatic heterocycles. The average Bonchev–Trinajstić information content (AvgIpc) is 2.09. The third-order valence-electron chi connectivity index (χ3n) is 1.42. The number of benzene rings is 1. The first-order chi connectivity index (χ1) is 6.05. The Kier molecular flexibility index (Phi) is 5.36. The molecule has 0 bridgehead atoms. The minimum absolute atomic E-state index is 0. The first kappa shape index (κ1) is 13.6. The Morgan fingerprint density at radius 3 is 2.36 bits per heavy atom. The zero-order valence-corrected chi connectivity index (χ0v) is 7.74. The van der Waals surface area contributed by atoms with Gasteiger partial charge >= 0.3 is 39.7 Å². The Morgan fingerprint density at radius 1 is 1.29 bits per heavy atom. The van der Waals surface area contributed by atoms with Crippen LogP contribution in [-0.4, -0.2) is 43.6 Å². The van der Waals surface area contributed by atoms with E-state index in [0.29, 0.717) is 5.56 Å². The van der Waals surface area contributed by atoms with Crippen LogP contribution in [0.25, 0.3) is 0 Å². The monoisotopic (exact) mass is 224 g/mol. The number of para-hydroxylation sites is 1. The van der Waals surface area contributed by atoms with Crippen LogP contribution >= 0.6 is 0 Å². The number of carbonyl (C=O) groups excluding carboxylic acids is 1. The van der Waals surface area contributed by atoms with E-state index in [0.717, 1.165) is 0 Å². The molecule has 0 aliphatic rings. The molecular weight excluding hydrogens is 215 g/mol. The Balaban J connectivity index is 0.00000169. The average molecular weight is 224 g/mol. The fraction of sp³-hybridized carbons (Fsp3) is 0.125. The van der Waals surface area contributed by atoms with Gasteiger partial charge in [0.2, 0.25) is 0 Å². The zero-order valence-electron chi connectivity index (χ0n) is 6.93. The summed E-state index contributed by atoms with van der Waals surface area (Å²) in [5.74, 6) is 0.176. The molecule has 0 aliphatic carbocycles. The molecule has 0 aliphatic heterocycles. The topological polar surface area (TPSA) is 60.4 Å². The molecule has 0 saturated heterocycles. The van der Waals surface area contributed by atoms with Gasteiger partial charge in [-0.15, -0.1) is 0 Å². The Labute approximate surface area is 105 Å². The molecule has 0 radical (unpaired) electrons. The molecule has 0 saturated carbocycles. The van der Waals surface area contributed by atoms with E-state index in [1.165, 1.54) is 6.07 Å². The molecule has 0 unspecified atom stereocenters. The van der Waals surface area contributed by atoms with E-state index in [-0.39, 0.29) is 40.9 Å². The van der Waals surface area contributed by atoms with Crippen molar-refractivity contribution in [1.82, 2.24) is 0 Å². The van der Waals surface area contributed by atoms with Crippen molar-refractivity contribution in [2.75, 3.05) is 0 Å². The van der Waals surface area contributed by atoms with Gasteiger partial charge in [0.05, 0.1) is 0 Å². The quantitative estimate of drug-likeness (QED) is 0.419. The summed E-state index contributed by atoms with van der Waals surface area (Å²) in [6.07, 6.45) is 0. The van der Waals surface area contributed by atoms with Crippen LogP contribution in [0.2, 0.25) is 0 Å². The zero-order chi connectivity index (χ0) is 9.90. The number of hydrogen-bond acceptors (Lipinski definition) is 4. The van der Waals surface area contributed by atoms with Gasteiger partial charge in [0.15, 0.2) is 0 Å². The van der Waals surface area contributed by atoms with Gasteiger partial charge in [-0.1, -0.05) is 18.2 Å². The van der Waals surface area contributed by atoms with Gasteiger partial charge in [-0.25, -0.2) is 0 Å². The number of carbonyl (C=O) groups is 1. The summed E-state index contributed by atoms with van der Waals surface area (Å²) < 4.78 is 25.9. The molecule has 6 heteroatoms. The number of hydrogen-bond donors (Lipinski definition) is 0. The van der Waals surface area contributed by atoms with Gasteiger partial charge in [0.1, 0.15) is 5.75 Å². The number of rotatable bonds is 3. The molecule has 0 spiro atoms. The Bertz CT molecular complexity index is 413. The van der Waals surface area contributed by atoms with Crippen LogP contribution in [0.5, 0.6) is 5.75 Å². The third kappa shape index (κ3) is 3.79. The Morgan fingerprint density at radius 2 is 1.86 bits per heavy atom. The minimum atomic E-state index is -4.08. The molecule has 14 heavy (non-hydrogen) atoms. The van der Waals surface area contributed by atoms with E-state index in [1.807, 2.05) is 0 Å². The summed E-state index contributed by atoms with van der Waals surface area (Å²) in [6.45, 7) is 1.69. The van der Waals surface area contributed by atoms with Crippen LogP contribution in [0.3, 0.4) is 0 Å². The van der Waals surface area contributed by atoms with E-state index >= 15 is 0 Å². The van der Waals surface area contributed by atoms with Crippen molar-refractivity contribution in [3.8, 4) is 5.75 Å². The van der Waals surface area contributed by atoms with Gasteiger partial charge in [0.25, 0.3) is 5.62 Å². The van der Waals surface area contributed by atoms with E-state index in [2.05, 4.69) is 4.18 Å². The van der Waals surface area contributed by atoms with Gasteiger partial charge in [-0.3, -0.25) is 4.79 Å². The molecule has 1 rings (SSSR count). The first-order valence-corrected chi connectivity index (χ1v) is 4.97. The molecule has 0 N–H and O–H groups in total. The number of aryl methyl sites for hydroxylation is 1. The molecule has 0 atom stereocenters. The van der Waals surface area contributed by atoms with E-state index in [4.69, 9.17) is 0 Å². The fourth-order valence-electron chi connectivity index (χ4n) is 0.795. The molecule has 1 aromatic carbocycles. The Hall–Kier alpha value is -0.360. The van der Waals surface area contributed by atoms with Crippen LogP contribution in [0.15, 0.2) is 24.3 Å². The molecule has 72 valence electrons. The second-order valence-electron chi connectivity index (χ2n) is 2.44. The first-order valence-electron chi connectivity index (χ1n) is 3.50. The van der Waals surface area contributed by atoms with Crippen molar-refractivity contribution in [2.45, 2.75) is 6.92 Å². The van der Waals surface area contributed by atoms with Crippen molar-refractivity contribution in [1.29, 1.82) is 0 Å². The third-order valence-corrected chi connectivity index (χ3v) is 2.06. The second kappa shape index (κ2) is 5.50. The van der Waals surface area contributed by atoms with Crippen molar-refractivity contribution < 1.29 is 17.4 Å². The van der Waals surface area contributed by atoms with Gasteiger partial charge in [0, 0.05) is 0 Å². The van der Waals surface area contributed by atoms with Gasteiger partial charge in [-0.05, 0) is 18.6 Å². The summed E-state index contributed by atoms with van der Waals surface area (Å²) in [5.41, 5.74) is 0.437. The van der Waals surface area contributed by atoms with Crippen LogP contribution < -0.4 is 4.18 Å².